The molecule has 1 amide bonds. The largest absolute Gasteiger partial charge is 0.481 e. The van der Waals surface area contributed by atoms with Crippen molar-refractivity contribution in [2.24, 2.45) is 0 Å². The van der Waals surface area contributed by atoms with Crippen molar-refractivity contribution in [2.75, 3.05) is 13.1 Å². The van der Waals surface area contributed by atoms with Crippen LogP contribution in [0.15, 0.2) is 18.2 Å². The Kier molecular flexibility index (Phi) is 5.49. The lowest BCUT2D eigenvalue weighted by atomic mass is 10.2. The van der Waals surface area contributed by atoms with Gasteiger partial charge in [0.1, 0.15) is 5.75 Å². The number of ether oxygens (including phenoxy) is 2. The Bertz CT molecular complexity index is 606. The van der Waals surface area contributed by atoms with E-state index >= 15 is 0 Å². The van der Waals surface area contributed by atoms with Crippen molar-refractivity contribution in [3.63, 3.8) is 0 Å². The number of aliphatic carboxylic acids is 1. The van der Waals surface area contributed by atoms with Gasteiger partial charge in [0.05, 0.1) is 12.6 Å². The molecular formula is C16H20ClNO5. The predicted octanol–water partition coefficient (Wildman–Crippen LogP) is 2.12. The first-order chi connectivity index (χ1) is 10.8. The van der Waals surface area contributed by atoms with Crippen LogP contribution in [0, 0.1) is 6.92 Å². The van der Waals surface area contributed by atoms with Crippen LogP contribution in [0.25, 0.3) is 0 Å². The third kappa shape index (κ3) is 4.36. The van der Waals surface area contributed by atoms with Crippen LogP contribution in [0.3, 0.4) is 0 Å². The van der Waals surface area contributed by atoms with Gasteiger partial charge in [0.25, 0.3) is 5.91 Å². The summed E-state index contributed by atoms with van der Waals surface area (Å²) in [6.07, 6.45) is -2.07. The Morgan fingerprint density at radius 1 is 1.43 bits per heavy atom. The molecule has 23 heavy (non-hydrogen) atoms. The number of carboxylic acid groups (broad SMARTS) is 1. The van der Waals surface area contributed by atoms with Crippen molar-refractivity contribution >= 4 is 23.5 Å². The third-order valence-corrected chi connectivity index (χ3v) is 4.06. The smallest absolute Gasteiger partial charge is 0.334 e. The molecule has 1 fully saturated rings. The number of hydrogen-bond acceptors (Lipinski definition) is 4. The minimum absolute atomic E-state index is 0.0197. The molecule has 1 aromatic carbocycles. The highest BCUT2D eigenvalue weighted by Crippen LogP contribution is 2.22. The van der Waals surface area contributed by atoms with Crippen molar-refractivity contribution in [1.29, 1.82) is 0 Å². The number of nitrogens with zero attached hydrogens (tertiary/aromatic N) is 1. The number of morpholine rings is 1. The van der Waals surface area contributed by atoms with E-state index in [9.17, 15) is 9.59 Å². The number of amides is 1. The van der Waals surface area contributed by atoms with Gasteiger partial charge in [-0.1, -0.05) is 11.6 Å². The van der Waals surface area contributed by atoms with Gasteiger partial charge in [-0.05, 0) is 44.5 Å². The fraction of sp³-hybridized carbons (Fsp3) is 0.500. The standard InChI is InChI=1S/C16H20ClNO5/c1-9-6-12(4-5-13(9)17)23-11(3)15(19)18-7-10(2)22-14(8-18)16(20)21/h4-6,10-11,14H,7-8H2,1-3H3,(H,20,21)/t10-,11?,14?/m1/s1. The van der Waals surface area contributed by atoms with Gasteiger partial charge >= 0.3 is 5.97 Å². The van der Waals surface area contributed by atoms with E-state index in [1.165, 1.54) is 4.90 Å². The number of carboxylic acids is 1. The summed E-state index contributed by atoms with van der Waals surface area (Å²) in [7, 11) is 0. The summed E-state index contributed by atoms with van der Waals surface area (Å²) in [5.41, 5.74) is 0.856. The van der Waals surface area contributed by atoms with E-state index in [4.69, 9.17) is 26.2 Å². The van der Waals surface area contributed by atoms with Crippen molar-refractivity contribution in [2.45, 2.75) is 39.1 Å². The predicted molar refractivity (Wildman–Crippen MR) is 84.8 cm³/mol. The third-order valence-electron chi connectivity index (χ3n) is 3.64. The summed E-state index contributed by atoms with van der Waals surface area (Å²) in [4.78, 5) is 25.1. The van der Waals surface area contributed by atoms with E-state index in [1.807, 2.05) is 6.92 Å². The molecule has 2 unspecified atom stereocenters. The van der Waals surface area contributed by atoms with E-state index in [0.29, 0.717) is 17.3 Å². The Balaban J connectivity index is 2.03. The van der Waals surface area contributed by atoms with Gasteiger partial charge < -0.3 is 19.5 Å². The van der Waals surface area contributed by atoms with Crippen LogP contribution in [0.5, 0.6) is 5.75 Å². The molecule has 0 saturated carbocycles. The van der Waals surface area contributed by atoms with Gasteiger partial charge in [0.15, 0.2) is 12.2 Å². The topological polar surface area (TPSA) is 76.1 Å². The van der Waals surface area contributed by atoms with Crippen molar-refractivity contribution in [3.8, 4) is 5.75 Å². The minimum atomic E-state index is -1.07. The fourth-order valence-corrected chi connectivity index (χ4v) is 2.59. The number of benzene rings is 1. The SMILES string of the molecule is Cc1cc(OC(C)C(=O)N2CC(C(=O)O)O[C@H](C)C2)ccc1Cl. The number of aryl methyl sites for hydroxylation is 1. The van der Waals surface area contributed by atoms with Gasteiger partial charge in [0.2, 0.25) is 0 Å². The van der Waals surface area contributed by atoms with Crippen LogP contribution in [0.2, 0.25) is 5.02 Å². The maximum absolute atomic E-state index is 12.5. The van der Waals surface area contributed by atoms with Crippen molar-refractivity contribution in [1.82, 2.24) is 4.90 Å². The van der Waals surface area contributed by atoms with Gasteiger partial charge in [-0.2, -0.15) is 0 Å². The first kappa shape index (κ1) is 17.6. The molecule has 0 bridgehead atoms. The molecule has 0 spiro atoms. The molecule has 0 aliphatic carbocycles. The molecule has 1 aromatic rings. The maximum Gasteiger partial charge on any atom is 0.334 e. The zero-order chi connectivity index (χ0) is 17.1. The summed E-state index contributed by atoms with van der Waals surface area (Å²) in [6.45, 7) is 5.59. The van der Waals surface area contributed by atoms with Crippen LogP contribution in [0.1, 0.15) is 19.4 Å². The fourth-order valence-electron chi connectivity index (χ4n) is 2.47. The van der Waals surface area contributed by atoms with Gasteiger partial charge in [0, 0.05) is 11.6 Å². The van der Waals surface area contributed by atoms with E-state index in [1.54, 1.807) is 32.0 Å². The lowest BCUT2D eigenvalue weighted by molar-refractivity contribution is -0.168. The lowest BCUT2D eigenvalue weighted by Crippen LogP contribution is -2.54. The molecule has 6 nitrogen and oxygen atoms in total. The highest BCUT2D eigenvalue weighted by atomic mass is 35.5. The van der Waals surface area contributed by atoms with Gasteiger partial charge in [-0.3, -0.25) is 4.79 Å². The van der Waals surface area contributed by atoms with Crippen LogP contribution in [-0.2, 0) is 14.3 Å². The molecule has 126 valence electrons. The first-order valence-corrected chi connectivity index (χ1v) is 7.75. The number of hydrogen-bond donors (Lipinski definition) is 1. The highest BCUT2D eigenvalue weighted by Gasteiger charge is 2.34. The molecule has 1 heterocycles. The summed E-state index contributed by atoms with van der Waals surface area (Å²) >= 11 is 5.96. The molecule has 3 atom stereocenters. The Hall–Kier alpha value is -1.79. The van der Waals surface area contributed by atoms with Crippen molar-refractivity contribution < 1.29 is 24.2 Å². The second kappa shape index (κ2) is 7.19. The van der Waals surface area contributed by atoms with Crippen LogP contribution < -0.4 is 4.74 Å². The van der Waals surface area contributed by atoms with Crippen LogP contribution in [-0.4, -0.2) is 53.3 Å². The molecule has 0 radical (unpaired) electrons. The van der Waals surface area contributed by atoms with E-state index in [2.05, 4.69) is 0 Å². The number of rotatable bonds is 4. The van der Waals surface area contributed by atoms with E-state index in [-0.39, 0.29) is 18.6 Å². The quantitative estimate of drug-likeness (QED) is 0.907. The molecule has 1 saturated heterocycles. The summed E-state index contributed by atoms with van der Waals surface area (Å²) in [5, 5.41) is 9.71. The summed E-state index contributed by atoms with van der Waals surface area (Å²) in [5.74, 6) is -0.793. The van der Waals surface area contributed by atoms with Gasteiger partial charge in [-0.25, -0.2) is 4.79 Å². The number of carbonyl (C=O) groups is 2. The molecule has 0 aromatic heterocycles. The highest BCUT2D eigenvalue weighted by molar-refractivity contribution is 6.31. The second-order valence-electron chi connectivity index (χ2n) is 5.69. The second-order valence-corrected chi connectivity index (χ2v) is 6.10. The van der Waals surface area contributed by atoms with Crippen LogP contribution >= 0.6 is 11.6 Å². The molecule has 1 aliphatic rings. The molecule has 1 aliphatic heterocycles. The Morgan fingerprint density at radius 2 is 2.13 bits per heavy atom. The average Bonchev–Trinajstić information content (AvgIpc) is 2.49. The number of halogens is 1. The van der Waals surface area contributed by atoms with E-state index in [0.717, 1.165) is 5.56 Å². The molecular weight excluding hydrogens is 322 g/mol. The lowest BCUT2D eigenvalue weighted by Gasteiger charge is -2.36. The Labute approximate surface area is 139 Å². The van der Waals surface area contributed by atoms with Crippen LogP contribution in [0.4, 0.5) is 0 Å². The summed E-state index contributed by atoms with van der Waals surface area (Å²) < 4.78 is 11.0. The Morgan fingerprint density at radius 3 is 2.74 bits per heavy atom. The van der Waals surface area contributed by atoms with Crippen molar-refractivity contribution in [3.05, 3.63) is 28.8 Å². The maximum atomic E-state index is 12.5. The van der Waals surface area contributed by atoms with Gasteiger partial charge in [-0.15, -0.1) is 0 Å². The first-order valence-electron chi connectivity index (χ1n) is 7.37. The molecule has 2 rings (SSSR count). The molecule has 1 N–H and O–H groups in total. The zero-order valence-corrected chi connectivity index (χ0v) is 14.0. The zero-order valence-electron chi connectivity index (χ0n) is 13.3. The van der Waals surface area contributed by atoms with E-state index < -0.39 is 18.2 Å². The number of carbonyl (C=O) groups excluding carboxylic acids is 1. The summed E-state index contributed by atoms with van der Waals surface area (Å²) in [6, 6.07) is 5.16. The normalized spacial score (nSPS) is 22.5. The monoisotopic (exact) mass is 341 g/mol. The molecule has 7 heteroatoms. The average molecular weight is 342 g/mol. The minimum Gasteiger partial charge on any atom is -0.481 e.